The molecule has 0 amide bonds. The van der Waals surface area contributed by atoms with E-state index in [0.717, 1.165) is 11.8 Å². The Morgan fingerprint density at radius 2 is 2.06 bits per heavy atom. The molecule has 0 radical (unpaired) electrons. The highest BCUT2D eigenvalue weighted by atomic mass is 16.7. The third kappa shape index (κ3) is 4.61. The Labute approximate surface area is 99.8 Å². The van der Waals surface area contributed by atoms with E-state index in [9.17, 15) is 9.59 Å². The fourth-order valence-electron chi connectivity index (χ4n) is 1.15. The van der Waals surface area contributed by atoms with Crippen molar-refractivity contribution in [2.24, 2.45) is 0 Å². The third-order valence-corrected chi connectivity index (χ3v) is 2.07. The Bertz CT molecular complexity index is 423. The van der Waals surface area contributed by atoms with Gasteiger partial charge in [-0.05, 0) is 24.6 Å². The fraction of sp³-hybridized carbons (Fsp3) is 0.231. The number of benzene rings is 1. The van der Waals surface area contributed by atoms with Gasteiger partial charge in [-0.1, -0.05) is 18.2 Å². The Morgan fingerprint density at radius 1 is 1.35 bits per heavy atom. The molecule has 0 heterocycles. The largest absolute Gasteiger partial charge is 0.433 e. The maximum Gasteiger partial charge on any atom is 0.333 e. The van der Waals surface area contributed by atoms with Crippen LogP contribution in [-0.2, 0) is 14.3 Å². The molecular weight excluding hydrogens is 220 g/mol. The van der Waals surface area contributed by atoms with Crippen LogP contribution in [0.1, 0.15) is 22.8 Å². The van der Waals surface area contributed by atoms with E-state index < -0.39 is 12.3 Å². The second-order valence-electron chi connectivity index (χ2n) is 3.36. The number of hydrogen-bond donors (Lipinski definition) is 0. The second kappa shape index (κ2) is 6.60. The minimum absolute atomic E-state index is 0.490. The number of hydrogen-bond acceptors (Lipinski definition) is 4. The summed E-state index contributed by atoms with van der Waals surface area (Å²) in [5.41, 5.74) is 1.32. The molecule has 0 bridgehead atoms. The van der Waals surface area contributed by atoms with Gasteiger partial charge in [-0.3, -0.25) is 4.79 Å². The monoisotopic (exact) mass is 234 g/mol. The van der Waals surface area contributed by atoms with Crippen molar-refractivity contribution in [3.05, 3.63) is 41.5 Å². The molecule has 0 aromatic heterocycles. The summed E-state index contributed by atoms with van der Waals surface area (Å²) in [5, 5.41) is 0. The molecule has 0 aliphatic carbocycles. The van der Waals surface area contributed by atoms with Crippen LogP contribution in [0.25, 0.3) is 6.08 Å². The molecule has 0 aliphatic heterocycles. The van der Waals surface area contributed by atoms with Crippen molar-refractivity contribution in [1.29, 1.82) is 0 Å². The smallest absolute Gasteiger partial charge is 0.333 e. The van der Waals surface area contributed by atoms with Gasteiger partial charge in [0.25, 0.3) is 0 Å². The highest BCUT2D eigenvalue weighted by molar-refractivity contribution is 5.87. The van der Waals surface area contributed by atoms with E-state index in [1.54, 1.807) is 37.3 Å². The van der Waals surface area contributed by atoms with Crippen LogP contribution in [0.3, 0.4) is 0 Å². The summed E-state index contributed by atoms with van der Waals surface area (Å²) < 4.78 is 9.65. The number of methoxy groups -OCH3 is 1. The lowest BCUT2D eigenvalue weighted by molar-refractivity contribution is -0.163. The molecule has 1 unspecified atom stereocenters. The highest BCUT2D eigenvalue weighted by Crippen LogP contribution is 2.05. The van der Waals surface area contributed by atoms with E-state index in [4.69, 9.17) is 9.47 Å². The van der Waals surface area contributed by atoms with Gasteiger partial charge in [-0.15, -0.1) is 0 Å². The molecule has 1 atom stereocenters. The van der Waals surface area contributed by atoms with Gasteiger partial charge in [-0.2, -0.15) is 0 Å². The molecule has 0 saturated carbocycles. The van der Waals surface area contributed by atoms with Gasteiger partial charge in [0, 0.05) is 18.7 Å². The Balaban J connectivity index is 2.63. The molecule has 0 fully saturated rings. The van der Waals surface area contributed by atoms with Gasteiger partial charge in [-0.25, -0.2) is 4.79 Å². The fourth-order valence-corrected chi connectivity index (χ4v) is 1.15. The molecule has 90 valence electrons. The normalized spacial score (nSPS) is 12.4. The average molecular weight is 234 g/mol. The zero-order valence-corrected chi connectivity index (χ0v) is 9.75. The molecule has 17 heavy (non-hydrogen) atoms. The molecule has 4 nitrogen and oxygen atoms in total. The molecular formula is C13H14O4. The van der Waals surface area contributed by atoms with Crippen molar-refractivity contribution in [3.63, 3.8) is 0 Å². The number of esters is 1. The van der Waals surface area contributed by atoms with Crippen molar-refractivity contribution in [2.45, 2.75) is 13.2 Å². The SMILES string of the molecule is COC(C)OC(=O)/C=C/c1cccc(C=O)c1. The Morgan fingerprint density at radius 3 is 2.71 bits per heavy atom. The summed E-state index contributed by atoms with van der Waals surface area (Å²) in [6.07, 6.45) is 3.05. The predicted octanol–water partition coefficient (Wildman–Crippen LogP) is 2.05. The van der Waals surface area contributed by atoms with E-state index in [-0.39, 0.29) is 0 Å². The quantitative estimate of drug-likeness (QED) is 0.338. The van der Waals surface area contributed by atoms with Gasteiger partial charge in [0.1, 0.15) is 6.29 Å². The standard InChI is InChI=1S/C13H14O4/c1-10(16-2)17-13(15)7-6-11-4-3-5-12(8-11)9-14/h3-10H,1-2H3/b7-6+. The van der Waals surface area contributed by atoms with E-state index in [1.807, 2.05) is 0 Å². The lowest BCUT2D eigenvalue weighted by Gasteiger charge is -2.08. The lowest BCUT2D eigenvalue weighted by Crippen LogP contribution is -2.14. The first-order valence-electron chi connectivity index (χ1n) is 5.12. The maximum atomic E-state index is 11.3. The summed E-state index contributed by atoms with van der Waals surface area (Å²) in [6.45, 7) is 1.62. The zero-order chi connectivity index (χ0) is 12.7. The molecule has 0 saturated heterocycles. The molecule has 0 N–H and O–H groups in total. The molecule has 0 aliphatic rings. The van der Waals surface area contributed by atoms with E-state index in [0.29, 0.717) is 5.56 Å². The molecule has 4 heteroatoms. The summed E-state index contributed by atoms with van der Waals surface area (Å²) in [5.74, 6) is -0.490. The number of aldehydes is 1. The van der Waals surface area contributed by atoms with Gasteiger partial charge in [0.05, 0.1) is 0 Å². The first kappa shape index (κ1) is 13.1. The molecule has 1 aromatic rings. The van der Waals surface area contributed by atoms with Gasteiger partial charge in [0.2, 0.25) is 0 Å². The van der Waals surface area contributed by atoms with Crippen molar-refractivity contribution in [1.82, 2.24) is 0 Å². The Kier molecular flexibility index (Phi) is 5.10. The second-order valence-corrected chi connectivity index (χ2v) is 3.36. The van der Waals surface area contributed by atoms with Crippen molar-refractivity contribution < 1.29 is 19.1 Å². The first-order chi connectivity index (χ1) is 8.15. The Hall–Kier alpha value is -1.94. The van der Waals surface area contributed by atoms with Gasteiger partial charge in [0.15, 0.2) is 6.29 Å². The van der Waals surface area contributed by atoms with Crippen LogP contribution in [0.4, 0.5) is 0 Å². The lowest BCUT2D eigenvalue weighted by atomic mass is 10.1. The van der Waals surface area contributed by atoms with Crippen LogP contribution in [0.2, 0.25) is 0 Å². The van der Waals surface area contributed by atoms with Crippen LogP contribution >= 0.6 is 0 Å². The minimum atomic E-state index is -0.576. The molecule has 0 spiro atoms. The van der Waals surface area contributed by atoms with Crippen LogP contribution in [0.15, 0.2) is 30.3 Å². The van der Waals surface area contributed by atoms with Crippen molar-refractivity contribution in [3.8, 4) is 0 Å². The first-order valence-corrected chi connectivity index (χ1v) is 5.12. The predicted molar refractivity (Wildman–Crippen MR) is 63.4 cm³/mol. The molecule has 1 rings (SSSR count). The topological polar surface area (TPSA) is 52.6 Å². The summed E-state index contributed by atoms with van der Waals surface area (Å²) >= 11 is 0. The van der Waals surface area contributed by atoms with Gasteiger partial charge >= 0.3 is 5.97 Å². The van der Waals surface area contributed by atoms with E-state index in [2.05, 4.69) is 0 Å². The van der Waals surface area contributed by atoms with Crippen LogP contribution in [0, 0.1) is 0 Å². The number of carbonyl (C=O) groups is 2. The van der Waals surface area contributed by atoms with E-state index >= 15 is 0 Å². The summed E-state index contributed by atoms with van der Waals surface area (Å²) in [6, 6.07) is 6.90. The summed E-state index contributed by atoms with van der Waals surface area (Å²) in [7, 11) is 1.45. The van der Waals surface area contributed by atoms with Crippen molar-refractivity contribution in [2.75, 3.05) is 7.11 Å². The van der Waals surface area contributed by atoms with E-state index in [1.165, 1.54) is 13.2 Å². The maximum absolute atomic E-state index is 11.3. The van der Waals surface area contributed by atoms with Crippen molar-refractivity contribution >= 4 is 18.3 Å². The van der Waals surface area contributed by atoms with Crippen LogP contribution in [-0.4, -0.2) is 25.7 Å². The minimum Gasteiger partial charge on any atom is -0.433 e. The highest BCUT2D eigenvalue weighted by Gasteiger charge is 2.03. The number of rotatable bonds is 5. The number of carbonyl (C=O) groups excluding carboxylic acids is 2. The number of ether oxygens (including phenoxy) is 2. The summed E-state index contributed by atoms with van der Waals surface area (Å²) in [4.78, 5) is 21.8. The average Bonchev–Trinajstić information content (AvgIpc) is 2.36. The van der Waals surface area contributed by atoms with Crippen LogP contribution < -0.4 is 0 Å². The van der Waals surface area contributed by atoms with Gasteiger partial charge < -0.3 is 9.47 Å². The zero-order valence-electron chi connectivity index (χ0n) is 9.75. The third-order valence-electron chi connectivity index (χ3n) is 2.07. The van der Waals surface area contributed by atoms with Crippen LogP contribution in [0.5, 0.6) is 0 Å². The molecule has 1 aromatic carbocycles.